The Morgan fingerprint density at radius 3 is 2.28 bits per heavy atom. The Morgan fingerprint density at radius 2 is 1.66 bits per heavy atom. The monoisotopic (exact) mass is 680 g/mol. The van der Waals surface area contributed by atoms with Gasteiger partial charge in [-0.3, -0.25) is 19.2 Å². The van der Waals surface area contributed by atoms with Gasteiger partial charge in [0, 0.05) is 50.5 Å². The van der Waals surface area contributed by atoms with Gasteiger partial charge in [0.15, 0.2) is 0 Å². The second-order valence-electron chi connectivity index (χ2n) is 12.5. The average Bonchev–Trinajstić information content (AvgIpc) is 3.13. The van der Waals surface area contributed by atoms with Crippen LogP contribution in [0.15, 0.2) is 78.6 Å². The van der Waals surface area contributed by atoms with Crippen molar-refractivity contribution < 1.29 is 19.2 Å². The zero-order valence-electron chi connectivity index (χ0n) is 29.1. The van der Waals surface area contributed by atoms with Crippen molar-refractivity contribution in [3.63, 3.8) is 0 Å². The van der Waals surface area contributed by atoms with Gasteiger partial charge in [-0.25, -0.2) is 4.98 Å². The summed E-state index contributed by atoms with van der Waals surface area (Å²) < 4.78 is 0. The van der Waals surface area contributed by atoms with Gasteiger partial charge >= 0.3 is 0 Å². The van der Waals surface area contributed by atoms with E-state index in [1.165, 1.54) is 0 Å². The van der Waals surface area contributed by atoms with E-state index < -0.39 is 5.41 Å². The Bertz CT molecular complexity index is 1700. The van der Waals surface area contributed by atoms with Crippen molar-refractivity contribution in [3.05, 3.63) is 101 Å². The summed E-state index contributed by atoms with van der Waals surface area (Å²) in [5.74, 6) is -0.590. The second kappa shape index (κ2) is 17.9. The van der Waals surface area contributed by atoms with Crippen LogP contribution in [-0.4, -0.2) is 71.3 Å². The number of hydrogen-bond acceptors (Lipinski definition) is 8. The number of benzene rings is 2. The van der Waals surface area contributed by atoms with E-state index in [2.05, 4.69) is 20.9 Å². The van der Waals surface area contributed by atoms with Crippen LogP contribution in [0.3, 0.4) is 0 Å². The summed E-state index contributed by atoms with van der Waals surface area (Å²) >= 11 is 0. The van der Waals surface area contributed by atoms with Crippen LogP contribution in [0, 0.1) is 10.8 Å². The highest BCUT2D eigenvalue weighted by Crippen LogP contribution is 2.38. The van der Waals surface area contributed by atoms with Crippen molar-refractivity contribution >= 4 is 41.3 Å². The summed E-state index contributed by atoms with van der Waals surface area (Å²) in [7, 11) is 1.86. The first-order chi connectivity index (χ1) is 24.2. The highest BCUT2D eigenvalue weighted by Gasteiger charge is 2.43. The van der Waals surface area contributed by atoms with Crippen LogP contribution in [-0.2, 0) is 45.1 Å². The molecule has 1 aromatic heterocycles. The molecule has 0 bridgehead atoms. The molecule has 0 saturated carbocycles. The zero-order chi connectivity index (χ0) is 36.1. The minimum absolute atomic E-state index is 0.101. The van der Waals surface area contributed by atoms with Crippen LogP contribution in [0.25, 0.3) is 0 Å². The van der Waals surface area contributed by atoms with Gasteiger partial charge in [0.25, 0.3) is 5.91 Å². The number of rotatable bonds is 15. The first kappa shape index (κ1) is 37.5. The maximum atomic E-state index is 14.6. The molecule has 0 spiro atoms. The maximum absolute atomic E-state index is 14.6. The largest absolute Gasteiger partial charge is 0.404 e. The summed E-state index contributed by atoms with van der Waals surface area (Å²) in [6.07, 6.45) is 5.87. The van der Waals surface area contributed by atoms with Crippen LogP contribution >= 0.6 is 0 Å². The third-order valence-corrected chi connectivity index (χ3v) is 9.34. The number of amides is 4. The first-order valence-corrected chi connectivity index (χ1v) is 17.0. The number of aryl methyl sites for hydroxylation is 1. The van der Waals surface area contributed by atoms with Gasteiger partial charge in [0.1, 0.15) is 12.4 Å². The Kier molecular flexibility index (Phi) is 13.4. The molecule has 2 heterocycles. The van der Waals surface area contributed by atoms with E-state index in [0.29, 0.717) is 56.8 Å². The number of carbonyl (C=O) groups is 4. The maximum Gasteiger partial charge on any atom is 0.256 e. The molecule has 0 radical (unpaired) electrons. The number of carbonyl (C=O) groups excluding carboxylic acids is 4. The van der Waals surface area contributed by atoms with Gasteiger partial charge in [0.05, 0.1) is 17.4 Å². The summed E-state index contributed by atoms with van der Waals surface area (Å²) in [4.78, 5) is 61.4. The van der Waals surface area contributed by atoms with Crippen LogP contribution < -0.4 is 21.7 Å². The fourth-order valence-corrected chi connectivity index (χ4v) is 6.42. The number of hydrogen-bond donors (Lipinski definition) is 5. The second-order valence-corrected chi connectivity index (χ2v) is 12.5. The number of aromatic nitrogens is 1. The summed E-state index contributed by atoms with van der Waals surface area (Å²) in [6, 6.07) is 18.6. The molecule has 50 heavy (non-hydrogen) atoms. The van der Waals surface area contributed by atoms with Gasteiger partial charge < -0.3 is 36.9 Å². The fourth-order valence-electron chi connectivity index (χ4n) is 6.42. The van der Waals surface area contributed by atoms with E-state index in [9.17, 15) is 19.2 Å². The van der Waals surface area contributed by atoms with Crippen molar-refractivity contribution in [2.45, 2.75) is 59.0 Å². The van der Waals surface area contributed by atoms with Crippen LogP contribution in [0.2, 0.25) is 0 Å². The lowest BCUT2D eigenvalue weighted by atomic mass is 9.74. The highest BCUT2D eigenvalue weighted by molar-refractivity contribution is 6.11. The number of piperidine rings is 1. The Morgan fingerprint density at radius 1 is 0.940 bits per heavy atom. The summed E-state index contributed by atoms with van der Waals surface area (Å²) in [6.45, 7) is 5.29. The molecule has 12 heteroatoms. The van der Waals surface area contributed by atoms with E-state index in [1.807, 2.05) is 63.4 Å². The van der Waals surface area contributed by atoms with E-state index in [-0.39, 0.29) is 48.7 Å². The molecule has 1 aliphatic rings. The lowest BCUT2D eigenvalue weighted by Gasteiger charge is -2.43. The summed E-state index contributed by atoms with van der Waals surface area (Å²) in [5.41, 5.74) is 9.14. The van der Waals surface area contributed by atoms with Crippen molar-refractivity contribution in [3.8, 4) is 0 Å². The number of anilines is 2. The molecule has 4 rings (SSSR count). The molecule has 2 aromatic carbocycles. The first-order valence-electron chi connectivity index (χ1n) is 17.0. The fraction of sp³-hybridized carbons (Fsp3) is 0.368. The molecule has 12 nitrogen and oxygen atoms in total. The van der Waals surface area contributed by atoms with Crippen molar-refractivity contribution in [2.24, 2.45) is 11.1 Å². The molecule has 0 aliphatic carbocycles. The SMILES string of the molecule is CCc1ccc(NC(=O)CN(Cc2ccccc2CNC)C(=O)C2(CC)CCN(C(=O)/C(C=N)=C/N)CC2)cc1CC(=O)Nc1ccccn1. The lowest BCUT2D eigenvalue weighted by molar-refractivity contribution is -0.149. The molecule has 1 saturated heterocycles. The predicted molar refractivity (Wildman–Crippen MR) is 195 cm³/mol. The number of nitrogens with two attached hydrogens (primary N) is 1. The van der Waals surface area contributed by atoms with Gasteiger partial charge in [-0.15, -0.1) is 0 Å². The van der Waals surface area contributed by atoms with Crippen molar-refractivity contribution in [1.29, 1.82) is 5.41 Å². The quantitative estimate of drug-likeness (QED) is 0.119. The molecular weight excluding hydrogens is 632 g/mol. The Balaban J connectivity index is 1.55. The van der Waals surface area contributed by atoms with Crippen molar-refractivity contribution in [1.82, 2.24) is 20.1 Å². The van der Waals surface area contributed by atoms with Gasteiger partial charge in [-0.2, -0.15) is 0 Å². The van der Waals surface area contributed by atoms with Gasteiger partial charge in [-0.05, 0) is 79.3 Å². The smallest absolute Gasteiger partial charge is 0.256 e. The molecule has 6 N–H and O–H groups in total. The van der Waals surface area contributed by atoms with Gasteiger partial charge in [-0.1, -0.05) is 50.2 Å². The number of pyridine rings is 1. The third kappa shape index (κ3) is 9.41. The van der Waals surface area contributed by atoms with E-state index in [1.54, 1.807) is 34.2 Å². The number of nitrogens with one attached hydrogen (secondary N) is 4. The highest BCUT2D eigenvalue weighted by atomic mass is 16.2. The minimum atomic E-state index is -0.775. The molecule has 3 aromatic rings. The standard InChI is InChI=1S/C38H48N8O4/c1-4-27-13-14-32(20-30(27)21-34(47)44-33-12-8-9-17-42-33)43-35(48)26-46(25-29-11-7-6-10-28(29)24-41-3)37(50)38(5-2)15-18-45(19-16-38)36(49)31(22-39)23-40/h6-14,17,20,22-23,39,41H,4-5,15-16,18-19,21,24-26,40H2,1-3H3,(H,43,48)(H,42,44,47)/b31-23+,39-22?. The summed E-state index contributed by atoms with van der Waals surface area (Å²) in [5, 5.41) is 16.5. The molecule has 1 fully saturated rings. The molecular formula is C38H48N8O4. The topological polar surface area (TPSA) is 174 Å². The van der Waals surface area contributed by atoms with E-state index in [4.69, 9.17) is 11.1 Å². The molecule has 4 amide bonds. The van der Waals surface area contributed by atoms with Crippen LogP contribution in [0.4, 0.5) is 11.5 Å². The molecule has 1 aliphatic heterocycles. The molecule has 264 valence electrons. The van der Waals surface area contributed by atoms with Crippen LogP contribution in [0.1, 0.15) is 55.4 Å². The molecule has 0 unspecified atom stereocenters. The number of likely N-dealkylation sites (tertiary alicyclic amines) is 1. The van der Waals surface area contributed by atoms with E-state index >= 15 is 0 Å². The average molecular weight is 681 g/mol. The van der Waals surface area contributed by atoms with Crippen molar-refractivity contribution in [2.75, 3.05) is 37.3 Å². The van der Waals surface area contributed by atoms with E-state index in [0.717, 1.165) is 34.7 Å². The zero-order valence-corrected chi connectivity index (χ0v) is 29.1. The Labute approximate surface area is 294 Å². The third-order valence-electron chi connectivity index (χ3n) is 9.34. The van der Waals surface area contributed by atoms with Crippen LogP contribution in [0.5, 0.6) is 0 Å². The number of nitrogens with zero attached hydrogens (tertiary/aromatic N) is 3. The minimum Gasteiger partial charge on any atom is -0.404 e. The predicted octanol–water partition coefficient (Wildman–Crippen LogP) is 4.02. The lowest BCUT2D eigenvalue weighted by Crippen LogP contribution is -2.52. The normalized spacial score (nSPS) is 14.1. The molecule has 0 atom stereocenters. The Hall–Kier alpha value is -5.36. The van der Waals surface area contributed by atoms with Gasteiger partial charge in [0.2, 0.25) is 17.7 Å².